The third-order valence-corrected chi connectivity index (χ3v) is 17.2. The van der Waals surface area contributed by atoms with E-state index in [4.69, 9.17) is 28.9 Å². The lowest BCUT2D eigenvalue weighted by Crippen LogP contribution is -2.51. The van der Waals surface area contributed by atoms with Crippen LogP contribution < -0.4 is 25.0 Å². The number of β-amino-alcohol motifs (C(OH)–C–C–N with tert-alkyl or cyclic N) is 1. The van der Waals surface area contributed by atoms with Gasteiger partial charge in [0.05, 0.1) is 40.2 Å². The van der Waals surface area contributed by atoms with Crippen molar-refractivity contribution in [3.05, 3.63) is 101 Å². The van der Waals surface area contributed by atoms with Gasteiger partial charge in [-0.2, -0.15) is 9.97 Å². The molecule has 4 aromatic heterocycles. The fraction of sp³-hybridized carbons (Fsp3) is 0.475. The lowest BCUT2D eigenvalue weighted by Gasteiger charge is -2.34. The minimum atomic E-state index is -0.851. The van der Waals surface area contributed by atoms with Crippen LogP contribution in [0.2, 0.25) is 0 Å². The fourth-order valence-corrected chi connectivity index (χ4v) is 13.0. The van der Waals surface area contributed by atoms with E-state index in [1.165, 1.54) is 4.90 Å². The maximum atomic E-state index is 17.2. The van der Waals surface area contributed by atoms with E-state index in [1.54, 1.807) is 35.7 Å². The van der Waals surface area contributed by atoms with Gasteiger partial charge in [-0.1, -0.05) is 63.2 Å². The van der Waals surface area contributed by atoms with E-state index in [1.807, 2.05) is 82.6 Å². The normalized spacial score (nSPS) is 21.1. The Kier molecular flexibility index (Phi) is 15.4. The minimum Gasteiger partial charge on any atom is -0.508 e. The molecule has 4 aliphatic rings. The molecule has 19 heteroatoms. The Labute approximate surface area is 457 Å². The Morgan fingerprint density at radius 1 is 0.974 bits per heavy atom. The Bertz CT molecular complexity index is 3300. The second kappa shape index (κ2) is 22.5. The number of nitrogens with one attached hydrogen (secondary N) is 2. The van der Waals surface area contributed by atoms with E-state index in [0.717, 1.165) is 96.3 Å². The number of rotatable bonds is 17. The number of benzene rings is 3. The monoisotopic (exact) mass is 1080 g/mol. The largest absolute Gasteiger partial charge is 0.508 e. The van der Waals surface area contributed by atoms with E-state index in [0.29, 0.717) is 47.8 Å². The highest BCUT2D eigenvalue weighted by molar-refractivity contribution is 7.13. The first kappa shape index (κ1) is 53.2. The molecular weight excluding hydrogens is 1010 g/mol. The Balaban J connectivity index is 0.711. The van der Waals surface area contributed by atoms with Gasteiger partial charge in [0.15, 0.2) is 11.6 Å². The molecule has 2 bridgehead atoms. The van der Waals surface area contributed by atoms with Gasteiger partial charge < -0.3 is 44.6 Å². The van der Waals surface area contributed by atoms with Crippen molar-refractivity contribution >= 4 is 50.6 Å². The molecular formula is C59H69FN10O7S. The molecule has 2 unspecified atom stereocenters. The average Bonchev–Trinajstić information content (AvgIpc) is 4.37. The molecule has 2 amide bonds. The number of fused-ring (bicyclic) bond motifs is 4. The van der Waals surface area contributed by atoms with Crippen molar-refractivity contribution in [2.24, 2.45) is 11.8 Å². The SMILES string of the molecule is CCc1cccc2cc(O)cc(-c3ncc4c(N5CC6CCC(C5)N6)nc(O[C@H](C)CN5CCC(COc6cc([C@H](C(=O)N7C[C@H](O)C[C@H]7C(=O)N[C@@H](C)c7ccc(-c8scnc8C)cc7)C(C)C)on6)CC5)nc4c3F)c12. The number of nitrogens with zero attached hydrogens (tertiary/aromatic N) is 8. The number of halogens is 1. The maximum Gasteiger partial charge on any atom is 0.319 e. The summed E-state index contributed by atoms with van der Waals surface area (Å²) >= 11 is 1.59. The summed E-state index contributed by atoms with van der Waals surface area (Å²) < 4.78 is 35.7. The molecule has 0 aliphatic carbocycles. The highest BCUT2D eigenvalue weighted by Gasteiger charge is 2.44. The van der Waals surface area contributed by atoms with E-state index >= 15 is 4.39 Å². The molecule has 4 fully saturated rings. The van der Waals surface area contributed by atoms with Crippen LogP contribution in [0.4, 0.5) is 10.2 Å². The summed E-state index contributed by atoms with van der Waals surface area (Å²) in [6.45, 7) is 15.9. The van der Waals surface area contributed by atoms with E-state index in [-0.39, 0.29) is 77.6 Å². The summed E-state index contributed by atoms with van der Waals surface area (Å²) in [5, 5.41) is 34.7. The highest BCUT2D eigenvalue weighted by atomic mass is 32.1. The predicted molar refractivity (Wildman–Crippen MR) is 297 cm³/mol. The zero-order valence-corrected chi connectivity index (χ0v) is 45.9. The van der Waals surface area contributed by atoms with Crippen molar-refractivity contribution in [3.8, 4) is 39.3 Å². The van der Waals surface area contributed by atoms with E-state index < -0.39 is 23.9 Å². The number of hydrogen-bond donors (Lipinski definition) is 4. The van der Waals surface area contributed by atoms with Crippen molar-refractivity contribution in [1.29, 1.82) is 0 Å². The van der Waals surface area contributed by atoms with Gasteiger partial charge in [-0.25, -0.2) is 9.37 Å². The number of pyridine rings is 1. The number of aromatic hydroxyl groups is 1. The van der Waals surface area contributed by atoms with Gasteiger partial charge in [0, 0.05) is 62.5 Å². The number of piperazine rings is 1. The molecule has 0 saturated carbocycles. The number of aliphatic hydroxyl groups excluding tert-OH is 1. The number of aliphatic hydroxyl groups is 1. The zero-order chi connectivity index (χ0) is 54.4. The summed E-state index contributed by atoms with van der Waals surface area (Å²) in [4.78, 5) is 54.1. The number of carbonyl (C=O) groups excluding carboxylic acids is 2. The number of likely N-dealkylation sites (tertiary alicyclic amines) is 2. The van der Waals surface area contributed by atoms with Crippen LogP contribution in [0.5, 0.6) is 17.6 Å². The van der Waals surface area contributed by atoms with Gasteiger partial charge >= 0.3 is 6.01 Å². The molecule has 3 aromatic carbocycles. The molecule has 17 nitrogen and oxygen atoms in total. The van der Waals surface area contributed by atoms with Gasteiger partial charge in [0.1, 0.15) is 40.8 Å². The molecule has 8 heterocycles. The number of piperidine rings is 1. The molecule has 78 heavy (non-hydrogen) atoms. The Hall–Kier alpha value is -6.80. The number of phenolic OH excluding ortho intramolecular Hbond substituents is 1. The number of anilines is 1. The number of ether oxygens (including phenoxy) is 2. The van der Waals surface area contributed by atoms with Crippen LogP contribution in [-0.2, 0) is 16.0 Å². The quantitative estimate of drug-likeness (QED) is 0.0673. The number of aromatic nitrogens is 5. The minimum absolute atomic E-state index is 0.0296. The molecule has 410 valence electrons. The van der Waals surface area contributed by atoms with Crippen LogP contribution in [0, 0.1) is 24.6 Å². The molecule has 7 atom stereocenters. The van der Waals surface area contributed by atoms with Crippen molar-refractivity contribution in [2.45, 2.75) is 122 Å². The van der Waals surface area contributed by atoms with Gasteiger partial charge in [-0.3, -0.25) is 19.5 Å². The van der Waals surface area contributed by atoms with E-state index in [2.05, 4.69) is 37.5 Å². The topological polar surface area (TPSA) is 204 Å². The predicted octanol–water partition coefficient (Wildman–Crippen LogP) is 8.75. The van der Waals surface area contributed by atoms with Gasteiger partial charge in [0.25, 0.3) is 5.88 Å². The molecule has 4 aliphatic heterocycles. The van der Waals surface area contributed by atoms with Crippen molar-refractivity contribution < 1.29 is 38.2 Å². The molecule has 0 spiro atoms. The average molecular weight is 1080 g/mol. The van der Waals surface area contributed by atoms with Crippen molar-refractivity contribution in [2.75, 3.05) is 50.8 Å². The van der Waals surface area contributed by atoms with Crippen LogP contribution in [-0.4, -0.2) is 133 Å². The lowest BCUT2D eigenvalue weighted by atomic mass is 9.91. The number of phenols is 1. The second-order valence-corrected chi connectivity index (χ2v) is 23.1. The smallest absolute Gasteiger partial charge is 0.319 e. The first-order chi connectivity index (χ1) is 37.7. The summed E-state index contributed by atoms with van der Waals surface area (Å²) in [5.74, 6) is -0.667. The Morgan fingerprint density at radius 3 is 2.46 bits per heavy atom. The molecule has 4 saturated heterocycles. The lowest BCUT2D eigenvalue weighted by molar-refractivity contribution is -0.141. The summed E-state index contributed by atoms with van der Waals surface area (Å²) in [6.07, 6.45) is 5.23. The van der Waals surface area contributed by atoms with Crippen molar-refractivity contribution in [1.82, 2.24) is 45.5 Å². The van der Waals surface area contributed by atoms with Crippen LogP contribution in [0.25, 0.3) is 43.4 Å². The van der Waals surface area contributed by atoms with Gasteiger partial charge in [-0.15, -0.1) is 11.3 Å². The molecule has 11 rings (SSSR count). The maximum absolute atomic E-state index is 17.2. The molecule has 0 radical (unpaired) electrons. The second-order valence-electron chi connectivity index (χ2n) is 22.2. The van der Waals surface area contributed by atoms with Gasteiger partial charge in [0.2, 0.25) is 11.8 Å². The number of thiazole rings is 1. The van der Waals surface area contributed by atoms with Crippen LogP contribution in [0.3, 0.4) is 0 Å². The molecule has 4 N–H and O–H groups in total. The third-order valence-electron chi connectivity index (χ3n) is 16.2. The zero-order valence-electron chi connectivity index (χ0n) is 45.1. The van der Waals surface area contributed by atoms with E-state index in [9.17, 15) is 19.8 Å². The molecule has 7 aromatic rings. The van der Waals surface area contributed by atoms with Crippen LogP contribution >= 0.6 is 11.3 Å². The first-order valence-electron chi connectivity index (χ1n) is 27.6. The van der Waals surface area contributed by atoms with Crippen LogP contribution in [0.15, 0.2) is 76.9 Å². The van der Waals surface area contributed by atoms with Gasteiger partial charge in [-0.05, 0) is 123 Å². The standard InChI is InChI=1S/C59H69FN10O7S/c1-7-37-9-8-10-40-21-43(71)22-45(51(37)40)53-52(60)54-46(25-61-53)56(69-27-41-15-16-42(28-69)64-41)66-59(65-54)76-33(4)26-68-19-17-36(18-20-68)30-75-49-24-48(77-67-49)50(32(2)3)58(74)70-29-44(72)23-47(70)57(73)63-34(5)38-11-13-39(14-12-38)55-35(6)62-31-78-55/h8-14,21-22,24-25,31-34,36,41-42,44,47,50,64,71-72H,7,15-20,23,26-30H2,1-6H3,(H,63,73)/t33-,34+,41?,42?,44-,47+,50-/m1/s1. The van der Waals surface area contributed by atoms with Crippen molar-refractivity contribution in [3.63, 3.8) is 0 Å². The van der Waals surface area contributed by atoms with Crippen LogP contribution in [0.1, 0.15) is 101 Å². The summed E-state index contributed by atoms with van der Waals surface area (Å²) in [6, 6.07) is 18.4. The number of amides is 2. The highest BCUT2D eigenvalue weighted by Crippen LogP contribution is 2.40. The number of aryl methyl sites for hydroxylation is 2. The summed E-state index contributed by atoms with van der Waals surface area (Å²) in [7, 11) is 0. The first-order valence-corrected chi connectivity index (χ1v) is 28.5. The number of carbonyl (C=O) groups is 2. The third kappa shape index (κ3) is 11.0. The number of hydrogen-bond acceptors (Lipinski definition) is 16. The fourth-order valence-electron chi connectivity index (χ4n) is 12.2. The summed E-state index contributed by atoms with van der Waals surface area (Å²) in [5.41, 5.74) is 6.55. The Morgan fingerprint density at radius 2 is 1.74 bits per heavy atom.